The quantitative estimate of drug-likeness (QED) is 0.922. The maximum atomic E-state index is 12.1. The molecule has 4 heteroatoms. The Morgan fingerprint density at radius 3 is 2.32 bits per heavy atom. The molecule has 1 aliphatic rings. The molecule has 114 valence electrons. The van der Waals surface area contributed by atoms with E-state index in [4.69, 9.17) is 4.74 Å². The van der Waals surface area contributed by atoms with Crippen molar-refractivity contribution in [3.8, 4) is 5.75 Å². The first kappa shape index (κ1) is 14.6. The van der Waals surface area contributed by atoms with Gasteiger partial charge in [0, 0.05) is 18.8 Å². The van der Waals surface area contributed by atoms with E-state index < -0.39 is 0 Å². The summed E-state index contributed by atoms with van der Waals surface area (Å²) in [5.41, 5.74) is 3.43. The first-order valence-corrected chi connectivity index (χ1v) is 7.56. The van der Waals surface area contributed by atoms with Crippen LogP contribution in [-0.4, -0.2) is 24.0 Å². The van der Waals surface area contributed by atoms with Gasteiger partial charge in [-0.1, -0.05) is 24.3 Å². The van der Waals surface area contributed by atoms with Gasteiger partial charge in [-0.25, -0.2) is 0 Å². The lowest BCUT2D eigenvalue weighted by Gasteiger charge is -2.14. The third-order valence-electron chi connectivity index (χ3n) is 3.72. The topological polar surface area (TPSA) is 41.6 Å². The Balaban J connectivity index is 1.53. The van der Waals surface area contributed by atoms with Gasteiger partial charge in [-0.15, -0.1) is 0 Å². The molecule has 2 aromatic carbocycles. The van der Waals surface area contributed by atoms with Gasteiger partial charge < -0.3 is 10.1 Å². The number of anilines is 1. The zero-order valence-corrected chi connectivity index (χ0v) is 12.7. The number of nitrogens with one attached hydrogen (secondary N) is 1. The minimum absolute atomic E-state index is 0.0111. The van der Waals surface area contributed by atoms with Gasteiger partial charge in [-0.05, 0) is 42.3 Å². The molecule has 0 atom stereocenters. The van der Waals surface area contributed by atoms with Crippen LogP contribution in [0.15, 0.2) is 48.5 Å². The van der Waals surface area contributed by atoms with Crippen molar-refractivity contribution < 1.29 is 9.53 Å². The fourth-order valence-corrected chi connectivity index (χ4v) is 2.72. The van der Waals surface area contributed by atoms with Gasteiger partial charge in [-0.2, -0.15) is 0 Å². The summed E-state index contributed by atoms with van der Waals surface area (Å²) in [6.07, 6.45) is 0. The van der Waals surface area contributed by atoms with Crippen molar-refractivity contribution in [3.05, 3.63) is 59.7 Å². The van der Waals surface area contributed by atoms with Gasteiger partial charge >= 0.3 is 0 Å². The highest BCUT2D eigenvalue weighted by Gasteiger charge is 2.20. The number of carbonyl (C=O) groups is 1. The highest BCUT2D eigenvalue weighted by Crippen LogP contribution is 2.22. The number of fused-ring (bicyclic) bond motifs is 1. The molecular weight excluding hydrogens is 276 g/mol. The highest BCUT2D eigenvalue weighted by molar-refractivity contribution is 5.92. The number of carbonyl (C=O) groups excluding carboxylic acids is 1. The second-order valence-electron chi connectivity index (χ2n) is 5.42. The fourth-order valence-electron chi connectivity index (χ4n) is 2.72. The van der Waals surface area contributed by atoms with Crippen molar-refractivity contribution in [1.82, 2.24) is 4.90 Å². The van der Waals surface area contributed by atoms with Crippen LogP contribution >= 0.6 is 0 Å². The standard InChI is InChI=1S/C18H20N2O2/c1-2-22-17-9-7-16(8-10-17)19-18(21)13-20-11-14-5-3-4-6-15(14)12-20/h3-10H,2,11-13H2,1H3,(H,19,21). The van der Waals surface area contributed by atoms with Crippen molar-refractivity contribution in [2.45, 2.75) is 20.0 Å². The number of rotatable bonds is 5. The molecule has 0 aromatic heterocycles. The zero-order chi connectivity index (χ0) is 15.4. The summed E-state index contributed by atoms with van der Waals surface area (Å²) in [6.45, 7) is 4.67. The molecule has 0 bridgehead atoms. The summed E-state index contributed by atoms with van der Waals surface area (Å²) in [6, 6.07) is 15.8. The van der Waals surface area contributed by atoms with E-state index in [0.717, 1.165) is 24.5 Å². The Hall–Kier alpha value is -2.33. The van der Waals surface area contributed by atoms with Gasteiger partial charge in [0.25, 0.3) is 0 Å². The number of amides is 1. The molecule has 22 heavy (non-hydrogen) atoms. The second-order valence-corrected chi connectivity index (χ2v) is 5.42. The van der Waals surface area contributed by atoms with Crippen LogP contribution in [-0.2, 0) is 17.9 Å². The third-order valence-corrected chi connectivity index (χ3v) is 3.72. The Bertz CT molecular complexity index is 627. The first-order chi connectivity index (χ1) is 10.7. The molecule has 1 aliphatic heterocycles. The lowest BCUT2D eigenvalue weighted by Crippen LogP contribution is -2.29. The number of nitrogens with zero attached hydrogens (tertiary/aromatic N) is 1. The van der Waals surface area contributed by atoms with Crippen molar-refractivity contribution >= 4 is 11.6 Å². The molecule has 2 aromatic rings. The first-order valence-electron chi connectivity index (χ1n) is 7.56. The Labute approximate surface area is 130 Å². The Morgan fingerprint density at radius 2 is 1.73 bits per heavy atom. The molecule has 0 saturated heterocycles. The van der Waals surface area contributed by atoms with Crippen LogP contribution in [0.4, 0.5) is 5.69 Å². The predicted molar refractivity (Wildman–Crippen MR) is 86.8 cm³/mol. The van der Waals surface area contributed by atoms with Crippen LogP contribution in [0.2, 0.25) is 0 Å². The number of benzene rings is 2. The maximum Gasteiger partial charge on any atom is 0.238 e. The summed E-state index contributed by atoms with van der Waals surface area (Å²) in [5.74, 6) is 0.826. The Morgan fingerprint density at radius 1 is 1.09 bits per heavy atom. The molecule has 0 unspecified atom stereocenters. The average Bonchev–Trinajstić information content (AvgIpc) is 2.91. The minimum Gasteiger partial charge on any atom is -0.494 e. The van der Waals surface area contributed by atoms with Crippen LogP contribution in [0.25, 0.3) is 0 Å². The molecule has 3 rings (SSSR count). The predicted octanol–water partition coefficient (Wildman–Crippen LogP) is 3.04. The van der Waals surface area contributed by atoms with E-state index in [1.54, 1.807) is 0 Å². The number of hydrogen-bond donors (Lipinski definition) is 1. The maximum absolute atomic E-state index is 12.1. The summed E-state index contributed by atoms with van der Waals surface area (Å²) in [7, 11) is 0. The fraction of sp³-hybridized carbons (Fsp3) is 0.278. The Kier molecular flexibility index (Phi) is 4.39. The average molecular weight is 296 g/mol. The molecule has 0 radical (unpaired) electrons. The number of ether oxygens (including phenoxy) is 1. The van der Waals surface area contributed by atoms with E-state index in [1.165, 1.54) is 11.1 Å². The van der Waals surface area contributed by atoms with Crippen molar-refractivity contribution in [2.24, 2.45) is 0 Å². The van der Waals surface area contributed by atoms with Gasteiger partial charge in [0.05, 0.1) is 13.2 Å². The molecule has 1 N–H and O–H groups in total. The SMILES string of the molecule is CCOc1ccc(NC(=O)CN2Cc3ccccc3C2)cc1. The van der Waals surface area contributed by atoms with Crippen LogP contribution in [0.3, 0.4) is 0 Å². The zero-order valence-electron chi connectivity index (χ0n) is 12.7. The molecule has 4 nitrogen and oxygen atoms in total. The van der Waals surface area contributed by atoms with Crippen LogP contribution in [0, 0.1) is 0 Å². The summed E-state index contributed by atoms with van der Waals surface area (Å²) >= 11 is 0. The van der Waals surface area contributed by atoms with E-state index >= 15 is 0 Å². The van der Waals surface area contributed by atoms with Crippen LogP contribution < -0.4 is 10.1 Å². The largest absolute Gasteiger partial charge is 0.494 e. The van der Waals surface area contributed by atoms with Crippen molar-refractivity contribution in [3.63, 3.8) is 0 Å². The van der Waals surface area contributed by atoms with Crippen molar-refractivity contribution in [2.75, 3.05) is 18.5 Å². The molecule has 0 saturated carbocycles. The molecule has 1 amide bonds. The molecule has 0 fully saturated rings. The lowest BCUT2D eigenvalue weighted by atomic mass is 10.1. The van der Waals surface area contributed by atoms with Crippen LogP contribution in [0.1, 0.15) is 18.1 Å². The van der Waals surface area contributed by atoms with Gasteiger partial charge in [-0.3, -0.25) is 9.69 Å². The van der Waals surface area contributed by atoms with Crippen LogP contribution in [0.5, 0.6) is 5.75 Å². The van der Waals surface area contributed by atoms with Crippen molar-refractivity contribution in [1.29, 1.82) is 0 Å². The molecule has 0 spiro atoms. The van der Waals surface area contributed by atoms with E-state index in [2.05, 4.69) is 22.3 Å². The monoisotopic (exact) mass is 296 g/mol. The summed E-state index contributed by atoms with van der Waals surface area (Å²) < 4.78 is 5.39. The van der Waals surface area contributed by atoms with Gasteiger partial charge in [0.1, 0.15) is 5.75 Å². The summed E-state index contributed by atoms with van der Waals surface area (Å²) in [5, 5.41) is 2.93. The van der Waals surface area contributed by atoms with E-state index in [0.29, 0.717) is 13.2 Å². The normalized spacial score (nSPS) is 13.7. The van der Waals surface area contributed by atoms with E-state index in [1.807, 2.05) is 43.3 Å². The lowest BCUT2D eigenvalue weighted by molar-refractivity contribution is -0.117. The smallest absolute Gasteiger partial charge is 0.238 e. The summed E-state index contributed by atoms with van der Waals surface area (Å²) in [4.78, 5) is 14.3. The van der Waals surface area contributed by atoms with Gasteiger partial charge in [0.15, 0.2) is 0 Å². The molecular formula is C18H20N2O2. The highest BCUT2D eigenvalue weighted by atomic mass is 16.5. The minimum atomic E-state index is 0.0111. The number of hydrogen-bond acceptors (Lipinski definition) is 3. The van der Waals surface area contributed by atoms with E-state index in [-0.39, 0.29) is 5.91 Å². The third kappa shape index (κ3) is 3.46. The van der Waals surface area contributed by atoms with Gasteiger partial charge in [0.2, 0.25) is 5.91 Å². The molecule has 0 aliphatic carbocycles. The van der Waals surface area contributed by atoms with E-state index in [9.17, 15) is 4.79 Å². The molecule has 1 heterocycles. The second kappa shape index (κ2) is 6.62.